The average molecular weight is 602 g/mol. The third-order valence-corrected chi connectivity index (χ3v) is 9.56. The monoisotopic (exact) mass is 601 g/mol. The van der Waals surface area contributed by atoms with E-state index in [9.17, 15) is 0 Å². The molecule has 0 amide bonds. The van der Waals surface area contributed by atoms with E-state index in [4.69, 9.17) is 19.4 Å². The van der Waals surface area contributed by atoms with E-state index in [-0.39, 0.29) is 0 Å². The molecule has 5 aromatic heterocycles. The highest BCUT2D eigenvalue weighted by Gasteiger charge is 2.21. The van der Waals surface area contributed by atoms with Crippen molar-refractivity contribution in [2.24, 2.45) is 0 Å². The van der Waals surface area contributed by atoms with Crippen molar-refractivity contribution in [2.75, 3.05) is 0 Å². The molecule has 6 heteroatoms. The van der Waals surface area contributed by atoms with Gasteiger partial charge in [-0.2, -0.15) is 0 Å². The summed E-state index contributed by atoms with van der Waals surface area (Å²) in [7, 11) is 0. The Balaban J connectivity index is 1.22. The van der Waals surface area contributed by atoms with Crippen molar-refractivity contribution in [3.63, 3.8) is 0 Å². The lowest BCUT2D eigenvalue weighted by atomic mass is 10.00. The molecule has 0 aliphatic rings. The molecular weight excluding hydrogens is 578 g/mol. The van der Waals surface area contributed by atoms with Crippen molar-refractivity contribution < 1.29 is 4.42 Å². The Labute approximate surface area is 266 Å². The van der Waals surface area contributed by atoms with Crippen LogP contribution in [0.5, 0.6) is 0 Å². The second-order valence-electron chi connectivity index (χ2n) is 12.1. The highest BCUT2D eigenvalue weighted by Crippen LogP contribution is 2.39. The Morgan fingerprint density at radius 1 is 0.511 bits per heavy atom. The summed E-state index contributed by atoms with van der Waals surface area (Å²) in [4.78, 5) is 15.3. The van der Waals surface area contributed by atoms with E-state index in [1.165, 1.54) is 10.8 Å². The Morgan fingerprint density at radius 2 is 1.28 bits per heavy atom. The molecule has 11 aromatic rings. The predicted molar refractivity (Wildman–Crippen MR) is 190 cm³/mol. The van der Waals surface area contributed by atoms with E-state index in [0.717, 1.165) is 88.5 Å². The van der Waals surface area contributed by atoms with Crippen LogP contribution >= 0.6 is 0 Å². The fourth-order valence-electron chi connectivity index (χ4n) is 7.50. The molecule has 0 fully saturated rings. The molecule has 0 saturated carbocycles. The molecule has 0 radical (unpaired) electrons. The minimum Gasteiger partial charge on any atom is -0.455 e. The number of hydrogen-bond donors (Lipinski definition) is 0. The van der Waals surface area contributed by atoms with Gasteiger partial charge in [-0.05, 0) is 64.9 Å². The smallest absolute Gasteiger partial charge is 0.221 e. The van der Waals surface area contributed by atoms with Gasteiger partial charge in [-0.3, -0.25) is 14.0 Å². The van der Waals surface area contributed by atoms with Gasteiger partial charge in [-0.15, -0.1) is 0 Å². The number of benzene rings is 6. The molecule has 218 valence electrons. The first-order valence-corrected chi connectivity index (χ1v) is 15.7. The molecule has 47 heavy (non-hydrogen) atoms. The molecule has 0 aliphatic heterocycles. The molecule has 0 atom stereocenters. The second-order valence-corrected chi connectivity index (χ2v) is 12.1. The molecule has 6 aromatic carbocycles. The van der Waals surface area contributed by atoms with Gasteiger partial charge in [0.1, 0.15) is 17.0 Å². The van der Waals surface area contributed by atoms with E-state index in [1.54, 1.807) is 0 Å². The number of furan rings is 1. The van der Waals surface area contributed by atoms with Crippen LogP contribution in [0.25, 0.3) is 99.3 Å². The minimum atomic E-state index is 0.794. The van der Waals surface area contributed by atoms with E-state index < -0.39 is 0 Å². The number of aromatic nitrogens is 5. The summed E-state index contributed by atoms with van der Waals surface area (Å²) >= 11 is 0. The molecule has 0 bridgehead atoms. The summed E-state index contributed by atoms with van der Waals surface area (Å²) in [5.74, 6) is 1.60. The van der Waals surface area contributed by atoms with Gasteiger partial charge in [-0.1, -0.05) is 84.9 Å². The van der Waals surface area contributed by atoms with Crippen LogP contribution in [0, 0.1) is 0 Å². The van der Waals surface area contributed by atoms with Gasteiger partial charge in [0.15, 0.2) is 0 Å². The lowest BCUT2D eigenvalue weighted by Crippen LogP contribution is -1.99. The van der Waals surface area contributed by atoms with Crippen LogP contribution < -0.4 is 0 Å². The number of imidazole rings is 2. The Morgan fingerprint density at radius 3 is 2.19 bits per heavy atom. The number of rotatable bonds is 2. The molecule has 5 heterocycles. The third-order valence-electron chi connectivity index (χ3n) is 9.56. The van der Waals surface area contributed by atoms with E-state index >= 15 is 0 Å². The van der Waals surface area contributed by atoms with Crippen LogP contribution in [0.4, 0.5) is 0 Å². The quantitative estimate of drug-likeness (QED) is 0.185. The van der Waals surface area contributed by atoms with Crippen molar-refractivity contribution in [3.05, 3.63) is 140 Å². The zero-order chi connectivity index (χ0) is 30.6. The normalized spacial score (nSPS) is 12.3. The number of pyridine rings is 2. The number of fused-ring (bicyclic) bond motifs is 14. The maximum atomic E-state index is 6.43. The zero-order valence-corrected chi connectivity index (χ0v) is 24.9. The van der Waals surface area contributed by atoms with Crippen LogP contribution in [0.3, 0.4) is 0 Å². The van der Waals surface area contributed by atoms with Gasteiger partial charge in [-0.25, -0.2) is 9.97 Å². The van der Waals surface area contributed by atoms with E-state index in [0.29, 0.717) is 0 Å². The van der Waals surface area contributed by atoms with Crippen molar-refractivity contribution in [1.82, 2.24) is 23.9 Å². The second kappa shape index (κ2) is 9.02. The summed E-state index contributed by atoms with van der Waals surface area (Å²) in [6.07, 6.45) is 1.85. The average Bonchev–Trinajstić information content (AvgIpc) is 3.80. The molecule has 0 spiro atoms. The van der Waals surface area contributed by atoms with Gasteiger partial charge in [0.05, 0.1) is 33.1 Å². The van der Waals surface area contributed by atoms with Crippen LogP contribution in [0.1, 0.15) is 0 Å². The first-order chi connectivity index (χ1) is 23.3. The van der Waals surface area contributed by atoms with E-state index in [2.05, 4.69) is 118 Å². The third kappa shape index (κ3) is 3.31. The fourth-order valence-corrected chi connectivity index (χ4v) is 7.50. The lowest BCUT2D eigenvalue weighted by Gasteiger charge is -2.11. The van der Waals surface area contributed by atoms with Crippen LogP contribution in [0.15, 0.2) is 144 Å². The number of hydrogen-bond acceptors (Lipinski definition) is 4. The summed E-state index contributed by atoms with van der Waals surface area (Å²) in [6.45, 7) is 0. The maximum absolute atomic E-state index is 6.43. The molecule has 6 nitrogen and oxygen atoms in total. The van der Waals surface area contributed by atoms with Crippen molar-refractivity contribution in [3.8, 4) is 16.9 Å². The lowest BCUT2D eigenvalue weighted by molar-refractivity contribution is 0.670. The van der Waals surface area contributed by atoms with Crippen LogP contribution in [-0.4, -0.2) is 23.9 Å². The molecule has 0 unspecified atom stereocenters. The van der Waals surface area contributed by atoms with Gasteiger partial charge in [0.2, 0.25) is 5.78 Å². The van der Waals surface area contributed by atoms with Crippen molar-refractivity contribution in [1.29, 1.82) is 0 Å². The summed E-state index contributed by atoms with van der Waals surface area (Å²) in [6, 6.07) is 46.4. The fraction of sp³-hybridized carbons (Fsp3) is 0. The van der Waals surface area contributed by atoms with Crippen LogP contribution in [-0.2, 0) is 0 Å². The van der Waals surface area contributed by atoms with Crippen molar-refractivity contribution in [2.45, 2.75) is 0 Å². The van der Waals surface area contributed by atoms with Gasteiger partial charge < -0.3 is 4.42 Å². The van der Waals surface area contributed by atoms with Gasteiger partial charge >= 0.3 is 0 Å². The minimum absolute atomic E-state index is 0.794. The summed E-state index contributed by atoms with van der Waals surface area (Å²) < 4.78 is 10.9. The molecule has 0 N–H and O–H groups in total. The molecular formula is C41H23N5O. The largest absolute Gasteiger partial charge is 0.455 e. The maximum Gasteiger partial charge on any atom is 0.221 e. The Kier molecular flexibility index (Phi) is 4.75. The number of para-hydroxylation sites is 4. The van der Waals surface area contributed by atoms with Crippen molar-refractivity contribution >= 4 is 82.4 Å². The van der Waals surface area contributed by atoms with E-state index in [1.807, 2.05) is 30.5 Å². The summed E-state index contributed by atoms with van der Waals surface area (Å²) in [5, 5.41) is 6.76. The summed E-state index contributed by atoms with van der Waals surface area (Å²) in [5.41, 5.74) is 9.72. The molecule has 0 aliphatic carbocycles. The topological polar surface area (TPSA) is 61.2 Å². The number of nitrogens with zero attached hydrogens (tertiary/aromatic N) is 5. The SMILES string of the molecule is c1ccc2c(c1)nc1n(-c3ccc4c5ccccc5c5cccnc5c4n3)c3ccc(-c4cccc5c4oc4ccccc45)cc3n21. The predicted octanol–water partition coefficient (Wildman–Crippen LogP) is 10.2. The Hall–Kier alpha value is -6.53. The Bertz CT molecular complexity index is 3060. The van der Waals surface area contributed by atoms with Gasteiger partial charge in [0, 0.05) is 33.3 Å². The zero-order valence-electron chi connectivity index (χ0n) is 24.9. The van der Waals surface area contributed by atoms with Crippen LogP contribution in [0.2, 0.25) is 0 Å². The first kappa shape index (κ1) is 24.8. The highest BCUT2D eigenvalue weighted by molar-refractivity contribution is 6.23. The molecule has 11 rings (SSSR count). The van der Waals surface area contributed by atoms with Gasteiger partial charge in [0.25, 0.3) is 0 Å². The molecule has 0 saturated heterocycles. The standard InChI is InChI=1S/C41H23N5O/c1-2-10-27-26(9-1)29-14-8-22-42-38(29)39-30(27)19-21-37(44-39)46-34-20-18-24(23-35(34)45-33-16-5-4-15-32(33)43-41(45)46)25-12-7-13-31-28-11-3-6-17-36(28)47-40(25)31/h1-23H. The first-order valence-electron chi connectivity index (χ1n) is 15.7. The highest BCUT2D eigenvalue weighted by atomic mass is 16.3.